The van der Waals surface area contributed by atoms with Crippen LogP contribution < -0.4 is 5.32 Å². The van der Waals surface area contributed by atoms with Crippen molar-refractivity contribution in [3.63, 3.8) is 0 Å². The SMILES string of the molecule is Cc1cnc(NCC2CCN(C(=O)C3CC3c3ccc(F)cc3F)CC2)nc1. The largest absolute Gasteiger partial charge is 0.354 e. The van der Waals surface area contributed by atoms with Gasteiger partial charge in [-0.15, -0.1) is 0 Å². The summed E-state index contributed by atoms with van der Waals surface area (Å²) in [7, 11) is 0. The van der Waals surface area contributed by atoms with Crippen LogP contribution in [-0.4, -0.2) is 40.4 Å². The highest BCUT2D eigenvalue weighted by Crippen LogP contribution is 2.49. The van der Waals surface area contributed by atoms with Crippen LogP contribution in [0.15, 0.2) is 30.6 Å². The first-order valence-corrected chi connectivity index (χ1v) is 9.77. The van der Waals surface area contributed by atoms with Gasteiger partial charge in [-0.3, -0.25) is 4.79 Å². The first kappa shape index (κ1) is 18.8. The summed E-state index contributed by atoms with van der Waals surface area (Å²) >= 11 is 0. The zero-order valence-electron chi connectivity index (χ0n) is 15.9. The van der Waals surface area contributed by atoms with Gasteiger partial charge in [0.25, 0.3) is 0 Å². The molecule has 0 spiro atoms. The van der Waals surface area contributed by atoms with Gasteiger partial charge in [-0.25, -0.2) is 18.7 Å². The number of rotatable bonds is 5. The Morgan fingerprint density at radius 1 is 1.21 bits per heavy atom. The summed E-state index contributed by atoms with van der Waals surface area (Å²) in [6.45, 7) is 4.17. The molecule has 2 atom stereocenters. The quantitative estimate of drug-likeness (QED) is 0.854. The normalized spacial score (nSPS) is 22.2. The van der Waals surface area contributed by atoms with E-state index in [2.05, 4.69) is 15.3 Å². The smallest absolute Gasteiger partial charge is 0.226 e. The zero-order valence-corrected chi connectivity index (χ0v) is 15.9. The number of carbonyl (C=O) groups is 1. The molecule has 4 rings (SSSR count). The lowest BCUT2D eigenvalue weighted by atomic mass is 9.96. The second kappa shape index (κ2) is 7.81. The van der Waals surface area contributed by atoms with E-state index in [1.807, 2.05) is 11.8 Å². The Labute approximate surface area is 163 Å². The van der Waals surface area contributed by atoms with Crippen molar-refractivity contribution in [2.75, 3.05) is 25.0 Å². The van der Waals surface area contributed by atoms with E-state index in [0.717, 1.165) is 44.1 Å². The first-order chi connectivity index (χ1) is 13.5. The summed E-state index contributed by atoms with van der Waals surface area (Å²) in [5.41, 5.74) is 1.48. The highest BCUT2D eigenvalue weighted by Gasteiger charge is 2.47. The number of halogens is 2. The fourth-order valence-electron chi connectivity index (χ4n) is 3.93. The highest BCUT2D eigenvalue weighted by atomic mass is 19.1. The molecule has 1 saturated carbocycles. The first-order valence-electron chi connectivity index (χ1n) is 9.77. The highest BCUT2D eigenvalue weighted by molar-refractivity contribution is 5.83. The van der Waals surface area contributed by atoms with Crippen LogP contribution in [0, 0.1) is 30.4 Å². The maximum atomic E-state index is 13.9. The fraction of sp³-hybridized carbons (Fsp3) is 0.476. The van der Waals surface area contributed by atoms with Crippen molar-refractivity contribution in [2.24, 2.45) is 11.8 Å². The van der Waals surface area contributed by atoms with E-state index in [4.69, 9.17) is 0 Å². The minimum atomic E-state index is -0.587. The maximum absolute atomic E-state index is 13.9. The molecule has 1 aliphatic carbocycles. The predicted molar refractivity (Wildman–Crippen MR) is 102 cm³/mol. The Morgan fingerprint density at radius 3 is 2.61 bits per heavy atom. The number of carbonyl (C=O) groups excluding carboxylic acids is 1. The third-order valence-electron chi connectivity index (χ3n) is 5.73. The topological polar surface area (TPSA) is 58.1 Å². The molecule has 148 valence electrons. The van der Waals surface area contributed by atoms with Crippen molar-refractivity contribution >= 4 is 11.9 Å². The van der Waals surface area contributed by atoms with E-state index in [1.54, 1.807) is 12.4 Å². The van der Waals surface area contributed by atoms with Gasteiger partial charge in [0.2, 0.25) is 11.9 Å². The molecule has 5 nitrogen and oxygen atoms in total. The van der Waals surface area contributed by atoms with Crippen LogP contribution in [0.5, 0.6) is 0 Å². The van der Waals surface area contributed by atoms with Gasteiger partial charge < -0.3 is 10.2 Å². The number of aryl methyl sites for hydroxylation is 1. The Hall–Kier alpha value is -2.57. The van der Waals surface area contributed by atoms with Gasteiger partial charge in [0.15, 0.2) is 0 Å². The van der Waals surface area contributed by atoms with Crippen molar-refractivity contribution in [3.05, 3.63) is 53.4 Å². The number of amides is 1. The minimum Gasteiger partial charge on any atom is -0.354 e. The van der Waals surface area contributed by atoms with Crippen molar-refractivity contribution in [3.8, 4) is 0 Å². The van der Waals surface area contributed by atoms with Crippen molar-refractivity contribution in [1.29, 1.82) is 0 Å². The summed E-state index contributed by atoms with van der Waals surface area (Å²) in [6.07, 6.45) is 6.06. The van der Waals surface area contributed by atoms with E-state index in [-0.39, 0.29) is 17.7 Å². The van der Waals surface area contributed by atoms with Gasteiger partial charge in [-0.1, -0.05) is 6.07 Å². The number of aromatic nitrogens is 2. The second-order valence-corrected chi connectivity index (χ2v) is 7.85. The molecule has 2 aromatic rings. The average molecular weight is 386 g/mol. The number of hydrogen-bond donors (Lipinski definition) is 1. The molecule has 2 aliphatic rings. The standard InChI is InChI=1S/C21H24F2N4O/c1-13-10-24-21(25-11-13)26-12-14-4-6-27(7-5-14)20(28)18-9-17(18)16-3-2-15(22)8-19(16)23/h2-3,8,10-11,14,17-18H,4-7,9,12H2,1H3,(H,24,25,26). The van der Waals surface area contributed by atoms with Crippen molar-refractivity contribution < 1.29 is 13.6 Å². The molecule has 1 saturated heterocycles. The van der Waals surface area contributed by atoms with E-state index in [0.29, 0.717) is 23.9 Å². The molecular weight excluding hydrogens is 362 g/mol. The van der Waals surface area contributed by atoms with Crippen LogP contribution in [-0.2, 0) is 4.79 Å². The van der Waals surface area contributed by atoms with Crippen LogP contribution in [0.1, 0.15) is 36.3 Å². The van der Waals surface area contributed by atoms with Gasteiger partial charge in [0.1, 0.15) is 11.6 Å². The molecule has 2 fully saturated rings. The summed E-state index contributed by atoms with van der Waals surface area (Å²) in [4.78, 5) is 23.1. The average Bonchev–Trinajstić information content (AvgIpc) is 3.48. The molecule has 1 amide bonds. The van der Waals surface area contributed by atoms with E-state index >= 15 is 0 Å². The monoisotopic (exact) mass is 386 g/mol. The molecule has 28 heavy (non-hydrogen) atoms. The number of benzene rings is 1. The van der Waals surface area contributed by atoms with Crippen molar-refractivity contribution in [1.82, 2.24) is 14.9 Å². The van der Waals surface area contributed by atoms with E-state index < -0.39 is 11.6 Å². The lowest BCUT2D eigenvalue weighted by molar-refractivity contribution is -0.134. The third kappa shape index (κ3) is 4.13. The van der Waals surface area contributed by atoms with Crippen molar-refractivity contribution in [2.45, 2.75) is 32.1 Å². The van der Waals surface area contributed by atoms with Gasteiger partial charge in [-0.05, 0) is 55.2 Å². The lowest BCUT2D eigenvalue weighted by Gasteiger charge is -2.32. The van der Waals surface area contributed by atoms with Gasteiger partial charge in [0, 0.05) is 44.0 Å². The summed E-state index contributed by atoms with van der Waals surface area (Å²) in [5, 5.41) is 3.26. The molecule has 2 unspecified atom stereocenters. The molecule has 1 aliphatic heterocycles. The Kier molecular flexibility index (Phi) is 5.24. The molecular formula is C21H24F2N4O. The Bertz CT molecular complexity index is 850. The number of nitrogens with zero attached hydrogens (tertiary/aromatic N) is 3. The summed E-state index contributed by atoms with van der Waals surface area (Å²) in [6, 6.07) is 3.62. The van der Waals surface area contributed by atoms with Gasteiger partial charge in [0.05, 0.1) is 0 Å². The van der Waals surface area contributed by atoms with Crippen LogP contribution in [0.3, 0.4) is 0 Å². The van der Waals surface area contributed by atoms with E-state index in [1.165, 1.54) is 12.1 Å². The second-order valence-electron chi connectivity index (χ2n) is 7.85. The zero-order chi connectivity index (χ0) is 19.7. The predicted octanol–water partition coefficient (Wildman–Crippen LogP) is 3.52. The number of nitrogens with one attached hydrogen (secondary N) is 1. The fourth-order valence-corrected chi connectivity index (χ4v) is 3.93. The van der Waals surface area contributed by atoms with Gasteiger partial charge >= 0.3 is 0 Å². The molecule has 7 heteroatoms. The maximum Gasteiger partial charge on any atom is 0.226 e. The number of anilines is 1. The molecule has 0 bridgehead atoms. The van der Waals surface area contributed by atoms with Crippen LogP contribution in [0.2, 0.25) is 0 Å². The molecule has 1 aromatic heterocycles. The number of likely N-dealkylation sites (tertiary alicyclic amines) is 1. The van der Waals surface area contributed by atoms with Gasteiger partial charge in [-0.2, -0.15) is 0 Å². The molecule has 0 radical (unpaired) electrons. The Morgan fingerprint density at radius 2 is 1.93 bits per heavy atom. The molecule has 1 aromatic carbocycles. The van der Waals surface area contributed by atoms with E-state index in [9.17, 15) is 13.6 Å². The molecule has 1 N–H and O–H groups in total. The minimum absolute atomic E-state index is 0.0991. The summed E-state index contributed by atoms with van der Waals surface area (Å²) < 4.78 is 27.0. The van der Waals surface area contributed by atoms with Crippen LogP contribution in [0.25, 0.3) is 0 Å². The Balaban J connectivity index is 1.25. The third-order valence-corrected chi connectivity index (χ3v) is 5.73. The number of piperidine rings is 1. The lowest BCUT2D eigenvalue weighted by Crippen LogP contribution is -2.41. The number of hydrogen-bond acceptors (Lipinski definition) is 4. The van der Waals surface area contributed by atoms with Crippen LogP contribution in [0.4, 0.5) is 14.7 Å². The summed E-state index contributed by atoms with van der Waals surface area (Å²) in [5.74, 6) is -0.228. The molecule has 2 heterocycles. The van der Waals surface area contributed by atoms with Crippen LogP contribution >= 0.6 is 0 Å².